The van der Waals surface area contributed by atoms with Crippen LogP contribution in [0.15, 0.2) is 12.5 Å². The molecule has 1 saturated heterocycles. The molecule has 1 aromatic heterocycles. The molecule has 1 atom stereocenters. The van der Waals surface area contributed by atoms with E-state index in [2.05, 4.69) is 10.3 Å². The Morgan fingerprint density at radius 2 is 2.31 bits per heavy atom. The van der Waals surface area contributed by atoms with Crippen molar-refractivity contribution in [3.63, 3.8) is 0 Å². The molecule has 2 fully saturated rings. The largest absolute Gasteiger partial charge is 0.336 e. The van der Waals surface area contributed by atoms with Crippen molar-refractivity contribution in [3.8, 4) is 0 Å². The molecular weight excluding hydrogens is 206 g/mol. The molecule has 0 aromatic carbocycles. The van der Waals surface area contributed by atoms with E-state index in [-0.39, 0.29) is 17.9 Å². The van der Waals surface area contributed by atoms with Crippen LogP contribution in [0.5, 0.6) is 0 Å². The van der Waals surface area contributed by atoms with E-state index in [0.29, 0.717) is 6.04 Å². The minimum atomic E-state index is -0.285. The Kier molecular flexibility index (Phi) is 1.80. The average Bonchev–Trinajstić information content (AvgIpc) is 2.91. The van der Waals surface area contributed by atoms with Crippen LogP contribution in [-0.2, 0) is 7.05 Å². The minimum absolute atomic E-state index is 0.154. The zero-order valence-corrected chi connectivity index (χ0v) is 8.97. The molecule has 1 saturated carbocycles. The molecule has 0 radical (unpaired) electrons. The number of aryl methyl sites for hydroxylation is 1. The summed E-state index contributed by atoms with van der Waals surface area (Å²) < 4.78 is 1.86. The van der Waals surface area contributed by atoms with E-state index in [0.717, 1.165) is 18.5 Å². The maximum atomic E-state index is 11.7. The second-order valence-electron chi connectivity index (χ2n) is 4.31. The summed E-state index contributed by atoms with van der Waals surface area (Å²) in [4.78, 5) is 17.5. The van der Waals surface area contributed by atoms with Gasteiger partial charge >= 0.3 is 6.03 Å². The molecule has 2 aliphatic rings. The fourth-order valence-electron chi connectivity index (χ4n) is 2.16. The van der Waals surface area contributed by atoms with Gasteiger partial charge in [0, 0.05) is 13.1 Å². The number of rotatable bonds is 2. The molecule has 2 heterocycles. The van der Waals surface area contributed by atoms with Crippen molar-refractivity contribution in [2.24, 2.45) is 7.05 Å². The normalized spacial score (nSPS) is 25.1. The molecule has 2 N–H and O–H groups in total. The predicted molar refractivity (Wildman–Crippen MR) is 57.1 cm³/mol. The Morgan fingerprint density at radius 3 is 2.88 bits per heavy atom. The van der Waals surface area contributed by atoms with Crippen molar-refractivity contribution in [3.05, 3.63) is 18.2 Å². The maximum absolute atomic E-state index is 11.7. The lowest BCUT2D eigenvalue weighted by molar-refractivity contribution is 0.201. The van der Waals surface area contributed by atoms with Crippen molar-refractivity contribution < 1.29 is 4.79 Å². The Balaban J connectivity index is 2.00. The molecule has 1 aliphatic carbocycles. The van der Waals surface area contributed by atoms with E-state index < -0.39 is 0 Å². The Morgan fingerprint density at radius 1 is 1.56 bits per heavy atom. The van der Waals surface area contributed by atoms with Crippen LogP contribution in [0.25, 0.3) is 0 Å². The summed E-state index contributed by atoms with van der Waals surface area (Å²) in [6.45, 7) is 0. The smallest absolute Gasteiger partial charge is 0.324 e. The summed E-state index contributed by atoms with van der Waals surface area (Å²) in [5, 5.41) is 10.4. The van der Waals surface area contributed by atoms with E-state index in [1.807, 2.05) is 11.6 Å². The van der Waals surface area contributed by atoms with Crippen molar-refractivity contribution >= 4 is 11.9 Å². The number of amides is 2. The first-order valence-corrected chi connectivity index (χ1v) is 5.32. The number of nitrogens with zero attached hydrogens (tertiary/aromatic N) is 3. The highest BCUT2D eigenvalue weighted by Crippen LogP contribution is 2.37. The van der Waals surface area contributed by atoms with Gasteiger partial charge in [-0.1, -0.05) is 0 Å². The quantitative estimate of drug-likeness (QED) is 0.765. The Labute approximate surface area is 92.8 Å². The van der Waals surface area contributed by atoms with E-state index >= 15 is 0 Å². The molecule has 1 aromatic rings. The molecule has 16 heavy (non-hydrogen) atoms. The van der Waals surface area contributed by atoms with Gasteiger partial charge in [0.15, 0.2) is 0 Å². The first-order chi connectivity index (χ1) is 7.68. The lowest BCUT2D eigenvalue weighted by Gasteiger charge is -2.22. The highest BCUT2D eigenvalue weighted by atomic mass is 16.2. The molecule has 0 bridgehead atoms. The SMILES string of the molecule is Cn1cncc1C1C(=N)NC(=O)N1C1CC1. The van der Waals surface area contributed by atoms with Crippen LogP contribution in [0.3, 0.4) is 0 Å². The summed E-state index contributed by atoms with van der Waals surface area (Å²) in [7, 11) is 1.88. The number of amidine groups is 1. The fourth-order valence-corrected chi connectivity index (χ4v) is 2.16. The number of nitrogens with one attached hydrogen (secondary N) is 2. The molecular formula is C10H13N5O. The van der Waals surface area contributed by atoms with Crippen molar-refractivity contribution in [2.75, 3.05) is 0 Å². The van der Waals surface area contributed by atoms with Crippen LogP contribution < -0.4 is 5.32 Å². The number of hydrogen-bond acceptors (Lipinski definition) is 3. The van der Waals surface area contributed by atoms with Crippen LogP contribution in [0, 0.1) is 5.41 Å². The zero-order chi connectivity index (χ0) is 11.3. The number of carbonyl (C=O) groups is 1. The van der Waals surface area contributed by atoms with Crippen LogP contribution in [0.4, 0.5) is 4.79 Å². The Hall–Kier alpha value is -1.85. The maximum Gasteiger partial charge on any atom is 0.324 e. The van der Waals surface area contributed by atoms with Gasteiger partial charge in [0.25, 0.3) is 0 Å². The molecule has 6 nitrogen and oxygen atoms in total. The minimum Gasteiger partial charge on any atom is -0.336 e. The topological polar surface area (TPSA) is 74.0 Å². The van der Waals surface area contributed by atoms with E-state index in [9.17, 15) is 4.79 Å². The highest BCUT2D eigenvalue weighted by Gasteiger charge is 2.45. The van der Waals surface area contributed by atoms with Gasteiger partial charge in [0.05, 0.1) is 18.2 Å². The van der Waals surface area contributed by atoms with Crippen LogP contribution in [0.1, 0.15) is 24.6 Å². The van der Waals surface area contributed by atoms with Gasteiger partial charge in [0.2, 0.25) is 0 Å². The fraction of sp³-hybridized carbons (Fsp3) is 0.500. The van der Waals surface area contributed by atoms with Gasteiger partial charge in [0.1, 0.15) is 11.9 Å². The highest BCUT2D eigenvalue weighted by molar-refractivity contribution is 6.06. The van der Waals surface area contributed by atoms with E-state index in [1.54, 1.807) is 17.4 Å². The van der Waals surface area contributed by atoms with Crippen molar-refractivity contribution in [2.45, 2.75) is 24.9 Å². The average molecular weight is 219 g/mol. The van der Waals surface area contributed by atoms with Crippen molar-refractivity contribution in [1.29, 1.82) is 5.41 Å². The third kappa shape index (κ3) is 1.22. The number of urea groups is 1. The molecule has 1 aliphatic heterocycles. The van der Waals surface area contributed by atoms with Gasteiger partial charge in [-0.05, 0) is 12.8 Å². The molecule has 0 spiro atoms. The lowest BCUT2D eigenvalue weighted by atomic mass is 10.2. The van der Waals surface area contributed by atoms with E-state index in [4.69, 9.17) is 5.41 Å². The van der Waals surface area contributed by atoms with Gasteiger partial charge < -0.3 is 9.47 Å². The summed E-state index contributed by atoms with van der Waals surface area (Å²) in [6, 6.07) is -0.144. The number of aromatic nitrogens is 2. The summed E-state index contributed by atoms with van der Waals surface area (Å²) in [5.41, 5.74) is 0.884. The molecule has 3 rings (SSSR count). The third-order valence-electron chi connectivity index (χ3n) is 3.10. The second kappa shape index (κ2) is 3.07. The van der Waals surface area contributed by atoms with Gasteiger partial charge in [-0.3, -0.25) is 10.7 Å². The molecule has 2 amide bonds. The van der Waals surface area contributed by atoms with Crippen molar-refractivity contribution in [1.82, 2.24) is 19.8 Å². The van der Waals surface area contributed by atoms with Crippen LogP contribution in [0.2, 0.25) is 0 Å². The molecule has 84 valence electrons. The number of hydrogen-bond donors (Lipinski definition) is 2. The number of imidazole rings is 1. The van der Waals surface area contributed by atoms with Gasteiger partial charge in [-0.25, -0.2) is 9.78 Å². The first-order valence-electron chi connectivity index (χ1n) is 5.32. The molecule has 6 heteroatoms. The summed E-state index contributed by atoms with van der Waals surface area (Å²) in [6.07, 6.45) is 5.48. The van der Waals surface area contributed by atoms with E-state index in [1.165, 1.54) is 0 Å². The van der Waals surface area contributed by atoms with Gasteiger partial charge in [-0.2, -0.15) is 0 Å². The van der Waals surface area contributed by atoms with Crippen LogP contribution in [-0.4, -0.2) is 32.4 Å². The van der Waals surface area contributed by atoms with Crippen LogP contribution >= 0.6 is 0 Å². The third-order valence-corrected chi connectivity index (χ3v) is 3.10. The number of carbonyl (C=O) groups excluding carboxylic acids is 1. The monoisotopic (exact) mass is 219 g/mol. The summed E-state index contributed by atoms with van der Waals surface area (Å²) in [5.74, 6) is 0.250. The standard InChI is InChI=1S/C10H13N5O/c1-14-5-12-4-7(14)8-9(11)13-10(16)15(8)6-2-3-6/h4-6,8H,2-3H2,1H3,(H2,11,13,16). The zero-order valence-electron chi connectivity index (χ0n) is 8.97. The Bertz CT molecular complexity index is 462. The summed E-state index contributed by atoms with van der Waals surface area (Å²) >= 11 is 0. The first kappa shape index (κ1) is 9.38. The predicted octanol–water partition coefficient (Wildman–Crippen LogP) is 0.626. The lowest BCUT2D eigenvalue weighted by Crippen LogP contribution is -2.32. The van der Waals surface area contributed by atoms with Gasteiger partial charge in [-0.15, -0.1) is 0 Å². The molecule has 1 unspecified atom stereocenters. The second-order valence-corrected chi connectivity index (χ2v) is 4.31.